The van der Waals surface area contributed by atoms with E-state index in [0.29, 0.717) is 40.8 Å². The van der Waals surface area contributed by atoms with Gasteiger partial charge in [-0.05, 0) is 47.0 Å². The lowest BCUT2D eigenvalue weighted by Gasteiger charge is -2.37. The molecular weight excluding hydrogens is 590 g/mol. The van der Waals surface area contributed by atoms with Gasteiger partial charge in [0.15, 0.2) is 0 Å². The number of amides is 2. The Hall–Kier alpha value is -5.02. The van der Waals surface area contributed by atoms with E-state index >= 15 is 0 Å². The average Bonchev–Trinajstić information content (AvgIpc) is 3.49. The van der Waals surface area contributed by atoms with Crippen LogP contribution in [0.3, 0.4) is 0 Å². The molecule has 3 aromatic carbocycles. The van der Waals surface area contributed by atoms with E-state index in [4.69, 9.17) is 9.47 Å². The predicted molar refractivity (Wildman–Crippen MR) is 168 cm³/mol. The number of aliphatic hydroxyl groups is 1. The Morgan fingerprint density at radius 1 is 1.11 bits per heavy atom. The van der Waals surface area contributed by atoms with Crippen molar-refractivity contribution in [2.24, 2.45) is 5.92 Å². The molecule has 1 spiro atoms. The zero-order valence-corrected chi connectivity index (χ0v) is 25.5. The summed E-state index contributed by atoms with van der Waals surface area (Å²) in [5.41, 5.74) is 1.16. The molecule has 3 aromatic rings. The number of rotatable bonds is 12. The quantitative estimate of drug-likeness (QED) is 0.157. The van der Waals surface area contributed by atoms with E-state index in [9.17, 15) is 29.4 Å². The summed E-state index contributed by atoms with van der Waals surface area (Å²) in [4.78, 5) is 55.0. The molecule has 0 aromatic heterocycles. The molecule has 0 saturated carbocycles. The lowest BCUT2D eigenvalue weighted by molar-refractivity contribution is -0.148. The smallest absolute Gasteiger partial charge is 0.310 e. The number of aldehydes is 1. The van der Waals surface area contributed by atoms with Crippen molar-refractivity contribution in [3.8, 4) is 17.6 Å². The SMILES string of the molecule is CO[C@H](CN1C(C=O)[C@H](C(=O)O)C2(C(=O)N(C)c3ccc(C#CCNC=O)cc32)[C@@H]1c1ccc(OCCO)cc1)c1ccccc1. The average molecular weight is 626 g/mol. The number of ether oxygens (including phenoxy) is 2. The number of likely N-dealkylation sites (N-methyl/N-ethyl adjacent to an activating group) is 1. The topological polar surface area (TPSA) is 146 Å². The second kappa shape index (κ2) is 14.0. The summed E-state index contributed by atoms with van der Waals surface area (Å²) in [6.45, 7) is 0.123. The molecule has 2 aliphatic heterocycles. The Morgan fingerprint density at radius 3 is 2.48 bits per heavy atom. The first-order chi connectivity index (χ1) is 22.3. The third kappa shape index (κ3) is 5.63. The van der Waals surface area contributed by atoms with E-state index < -0.39 is 41.4 Å². The Kier molecular flexibility index (Phi) is 9.82. The lowest BCUT2D eigenvalue weighted by atomic mass is 9.65. The van der Waals surface area contributed by atoms with Crippen LogP contribution in [0.2, 0.25) is 0 Å². The number of carbonyl (C=O) groups excluding carboxylic acids is 3. The maximum atomic E-state index is 14.7. The first kappa shape index (κ1) is 32.4. The fourth-order valence-corrected chi connectivity index (χ4v) is 6.87. The van der Waals surface area contributed by atoms with E-state index in [1.807, 2.05) is 30.3 Å². The molecule has 46 heavy (non-hydrogen) atoms. The molecule has 5 rings (SSSR count). The van der Waals surface area contributed by atoms with Gasteiger partial charge in [-0.15, -0.1) is 0 Å². The van der Waals surface area contributed by atoms with Crippen LogP contribution in [0.25, 0.3) is 0 Å². The molecule has 0 bridgehead atoms. The highest BCUT2D eigenvalue weighted by Gasteiger charge is 2.71. The summed E-state index contributed by atoms with van der Waals surface area (Å²) >= 11 is 0. The van der Waals surface area contributed by atoms with Gasteiger partial charge in [0.05, 0.1) is 37.3 Å². The minimum Gasteiger partial charge on any atom is -0.491 e. The van der Waals surface area contributed by atoms with Crippen molar-refractivity contribution in [1.82, 2.24) is 10.2 Å². The Labute approximate surface area is 266 Å². The van der Waals surface area contributed by atoms with Gasteiger partial charge in [-0.3, -0.25) is 19.3 Å². The molecule has 1 saturated heterocycles. The first-order valence-electron chi connectivity index (χ1n) is 14.8. The van der Waals surface area contributed by atoms with E-state index in [2.05, 4.69) is 17.2 Å². The Balaban J connectivity index is 1.75. The molecule has 0 aliphatic carbocycles. The summed E-state index contributed by atoms with van der Waals surface area (Å²) in [6.07, 6.45) is 0.591. The monoisotopic (exact) mass is 625 g/mol. The number of hydrogen-bond acceptors (Lipinski definition) is 8. The number of benzene rings is 3. The van der Waals surface area contributed by atoms with Crippen LogP contribution >= 0.6 is 0 Å². The van der Waals surface area contributed by atoms with Gasteiger partial charge in [-0.2, -0.15) is 0 Å². The predicted octanol–water partition coefficient (Wildman–Crippen LogP) is 2.08. The number of fused-ring (bicyclic) bond motifs is 2. The minimum absolute atomic E-state index is 0.0859. The maximum Gasteiger partial charge on any atom is 0.310 e. The number of carboxylic acids is 1. The molecule has 238 valence electrons. The van der Waals surface area contributed by atoms with Crippen molar-refractivity contribution in [2.45, 2.75) is 23.6 Å². The number of aliphatic carboxylic acids is 1. The van der Waals surface area contributed by atoms with Crippen molar-refractivity contribution in [1.29, 1.82) is 0 Å². The summed E-state index contributed by atoms with van der Waals surface area (Å²) in [5, 5.41) is 22.6. The molecule has 2 unspecified atom stereocenters. The van der Waals surface area contributed by atoms with Gasteiger partial charge in [-0.1, -0.05) is 54.3 Å². The largest absolute Gasteiger partial charge is 0.491 e. The number of carbonyl (C=O) groups is 4. The van der Waals surface area contributed by atoms with Gasteiger partial charge in [0, 0.05) is 32.0 Å². The van der Waals surface area contributed by atoms with Crippen LogP contribution in [0.5, 0.6) is 5.75 Å². The van der Waals surface area contributed by atoms with Crippen LogP contribution in [0.15, 0.2) is 72.8 Å². The molecule has 11 nitrogen and oxygen atoms in total. The molecule has 11 heteroatoms. The molecule has 2 amide bonds. The zero-order valence-electron chi connectivity index (χ0n) is 25.5. The van der Waals surface area contributed by atoms with Crippen molar-refractivity contribution in [2.75, 3.05) is 45.4 Å². The van der Waals surface area contributed by atoms with Crippen molar-refractivity contribution < 1.29 is 38.9 Å². The van der Waals surface area contributed by atoms with Crippen LogP contribution in [0.4, 0.5) is 5.69 Å². The fraction of sp³-hybridized carbons (Fsp3) is 0.314. The Morgan fingerprint density at radius 2 is 1.85 bits per heavy atom. The highest BCUT2D eigenvalue weighted by atomic mass is 16.5. The molecular formula is C35H35N3O8. The van der Waals surface area contributed by atoms with E-state index in [1.165, 1.54) is 4.90 Å². The molecule has 2 aliphatic rings. The minimum atomic E-state index is -1.73. The lowest BCUT2D eigenvalue weighted by Crippen LogP contribution is -2.50. The van der Waals surface area contributed by atoms with E-state index in [-0.39, 0.29) is 26.3 Å². The van der Waals surface area contributed by atoms with Gasteiger partial charge in [0.25, 0.3) is 0 Å². The van der Waals surface area contributed by atoms with Crippen LogP contribution in [0.1, 0.15) is 34.4 Å². The van der Waals surface area contributed by atoms with E-state index in [1.54, 1.807) is 61.5 Å². The summed E-state index contributed by atoms with van der Waals surface area (Å²) in [5.74, 6) is 3.10. The van der Waals surface area contributed by atoms with Crippen molar-refractivity contribution in [3.63, 3.8) is 0 Å². The van der Waals surface area contributed by atoms with Gasteiger partial charge in [0.1, 0.15) is 24.1 Å². The normalized spacial score (nSPS) is 22.5. The zero-order chi connectivity index (χ0) is 32.8. The highest BCUT2D eigenvalue weighted by molar-refractivity contribution is 6.12. The number of carboxylic acid groups (broad SMARTS) is 1. The molecule has 5 atom stereocenters. The number of hydrogen-bond donors (Lipinski definition) is 3. The molecule has 2 heterocycles. The standard InChI is InChI=1S/C35H35N3O8/c1-37-28-15-10-23(7-6-16-36-22-41)19-27(28)35(34(37)44)31(33(42)43)29(21-40)38(20-30(45-2)24-8-4-3-5-9-24)32(35)25-11-13-26(14-12-25)46-18-17-39/h3-5,8-15,19,21-22,29-32,39H,16-18,20H2,1-2H3,(H,36,41)(H,42,43)/t29?,30-,31-,32+,35?/m1/s1. The Bertz CT molecular complexity index is 1650. The van der Waals surface area contributed by atoms with Gasteiger partial charge >= 0.3 is 5.97 Å². The summed E-state index contributed by atoms with van der Waals surface area (Å²) in [7, 11) is 3.14. The molecule has 1 fully saturated rings. The number of nitrogens with zero attached hydrogens (tertiary/aromatic N) is 2. The second-order valence-electron chi connectivity index (χ2n) is 11.1. The van der Waals surface area contributed by atoms with Crippen molar-refractivity contribution in [3.05, 3.63) is 95.1 Å². The third-order valence-corrected chi connectivity index (χ3v) is 8.74. The van der Waals surface area contributed by atoms with Crippen LogP contribution in [-0.4, -0.2) is 86.2 Å². The maximum absolute atomic E-state index is 14.7. The number of nitrogens with one attached hydrogen (secondary N) is 1. The van der Waals surface area contributed by atoms with Crippen LogP contribution in [0, 0.1) is 17.8 Å². The fourth-order valence-electron chi connectivity index (χ4n) is 6.87. The van der Waals surface area contributed by atoms with E-state index in [0.717, 1.165) is 5.56 Å². The number of likely N-dealkylation sites (tertiary alicyclic amines) is 1. The van der Waals surface area contributed by atoms with Crippen LogP contribution in [-0.2, 0) is 29.3 Å². The van der Waals surface area contributed by atoms with Gasteiger partial charge in [-0.25, -0.2) is 0 Å². The second-order valence-corrected chi connectivity index (χ2v) is 11.1. The highest BCUT2D eigenvalue weighted by Crippen LogP contribution is 2.61. The van der Waals surface area contributed by atoms with Crippen LogP contribution < -0.4 is 15.0 Å². The van der Waals surface area contributed by atoms with Gasteiger partial charge in [0.2, 0.25) is 12.3 Å². The number of aliphatic hydroxyl groups excluding tert-OH is 1. The molecule has 0 radical (unpaired) electrons. The first-order valence-corrected chi connectivity index (χ1v) is 14.8. The molecule has 3 N–H and O–H groups in total. The summed E-state index contributed by atoms with van der Waals surface area (Å²) < 4.78 is 11.5. The van der Waals surface area contributed by atoms with Gasteiger partial charge < -0.3 is 34.7 Å². The third-order valence-electron chi connectivity index (χ3n) is 8.74. The number of anilines is 1. The summed E-state index contributed by atoms with van der Waals surface area (Å²) in [6, 6.07) is 19.3. The number of methoxy groups -OCH3 is 1. The van der Waals surface area contributed by atoms with Crippen molar-refractivity contribution >= 4 is 30.3 Å².